The van der Waals surface area contributed by atoms with Crippen LogP contribution in [0.25, 0.3) is 0 Å². The fourth-order valence-corrected chi connectivity index (χ4v) is 0.620. The minimum absolute atomic E-state index is 0.356. The molecule has 3 nitrogen and oxygen atoms in total. The number of likely N-dealkylation sites (N-methyl/N-ethyl adjacent to an activating group) is 1. The van der Waals surface area contributed by atoms with Gasteiger partial charge in [0.15, 0.2) is 0 Å². The van der Waals surface area contributed by atoms with Crippen molar-refractivity contribution in [3.05, 3.63) is 0 Å². The van der Waals surface area contributed by atoms with Crippen molar-refractivity contribution < 1.29 is 4.74 Å². The van der Waals surface area contributed by atoms with Crippen LogP contribution in [0, 0.1) is 0 Å². The summed E-state index contributed by atoms with van der Waals surface area (Å²) < 4.78 is 4.93. The van der Waals surface area contributed by atoms with E-state index in [2.05, 4.69) is 4.90 Å². The minimum atomic E-state index is 0.356. The topological polar surface area (TPSA) is 38.5 Å². The van der Waals surface area contributed by atoms with Gasteiger partial charge >= 0.3 is 0 Å². The van der Waals surface area contributed by atoms with Crippen LogP contribution < -0.4 is 5.73 Å². The Balaban J connectivity index is 3.41. The van der Waals surface area contributed by atoms with Gasteiger partial charge in [0.1, 0.15) is 0 Å². The lowest BCUT2D eigenvalue weighted by atomic mass is 10.3. The molecule has 0 saturated carbocycles. The van der Waals surface area contributed by atoms with Gasteiger partial charge in [0.25, 0.3) is 0 Å². The molecule has 0 saturated heterocycles. The summed E-state index contributed by atoms with van der Waals surface area (Å²) in [6, 6.07) is 0.356. The van der Waals surface area contributed by atoms with Crippen molar-refractivity contribution in [2.45, 2.75) is 6.04 Å². The molecule has 0 aliphatic heterocycles. The maximum Gasteiger partial charge on any atom is 0.0630 e. The van der Waals surface area contributed by atoms with Gasteiger partial charge in [-0.2, -0.15) is 0 Å². The lowest BCUT2D eigenvalue weighted by Gasteiger charge is -2.21. The van der Waals surface area contributed by atoms with Gasteiger partial charge in [-0.05, 0) is 14.1 Å². The molecule has 9 heavy (non-hydrogen) atoms. The van der Waals surface area contributed by atoms with Gasteiger partial charge in [0.2, 0.25) is 0 Å². The van der Waals surface area contributed by atoms with E-state index in [-0.39, 0.29) is 0 Å². The standard InChI is InChI=1S/C6H16N2O/c1-8(2)6(4-7)5-9-3/h6H,4-5,7H2,1-3H3. The molecule has 2 N–H and O–H groups in total. The van der Waals surface area contributed by atoms with E-state index in [1.807, 2.05) is 14.1 Å². The van der Waals surface area contributed by atoms with E-state index in [0.717, 1.165) is 0 Å². The van der Waals surface area contributed by atoms with Crippen LogP contribution in [0.2, 0.25) is 0 Å². The third-order valence-electron chi connectivity index (χ3n) is 1.36. The third-order valence-corrected chi connectivity index (χ3v) is 1.36. The van der Waals surface area contributed by atoms with Gasteiger partial charge in [0.05, 0.1) is 6.61 Å². The molecule has 3 heteroatoms. The highest BCUT2D eigenvalue weighted by molar-refractivity contribution is 4.64. The first kappa shape index (κ1) is 8.88. The molecular formula is C6H16N2O. The number of rotatable bonds is 4. The summed E-state index contributed by atoms with van der Waals surface area (Å²) in [5, 5.41) is 0. The number of hydrogen-bond acceptors (Lipinski definition) is 3. The molecule has 0 heterocycles. The van der Waals surface area contributed by atoms with Crippen LogP contribution in [0.4, 0.5) is 0 Å². The van der Waals surface area contributed by atoms with Crippen LogP contribution in [0.5, 0.6) is 0 Å². The average Bonchev–Trinajstić information content (AvgIpc) is 1.82. The fraction of sp³-hybridized carbons (Fsp3) is 1.00. The zero-order chi connectivity index (χ0) is 7.28. The van der Waals surface area contributed by atoms with Crippen molar-refractivity contribution >= 4 is 0 Å². The van der Waals surface area contributed by atoms with Crippen molar-refractivity contribution in [3.63, 3.8) is 0 Å². The Hall–Kier alpha value is -0.120. The number of nitrogens with zero attached hydrogens (tertiary/aromatic N) is 1. The molecule has 0 aliphatic carbocycles. The molecule has 0 bridgehead atoms. The van der Waals surface area contributed by atoms with Crippen molar-refractivity contribution in [2.24, 2.45) is 5.73 Å². The van der Waals surface area contributed by atoms with Crippen LogP contribution in [-0.2, 0) is 4.74 Å². The van der Waals surface area contributed by atoms with Crippen LogP contribution in [-0.4, -0.2) is 45.3 Å². The Morgan fingerprint density at radius 1 is 1.56 bits per heavy atom. The van der Waals surface area contributed by atoms with Gasteiger partial charge in [0, 0.05) is 19.7 Å². The summed E-state index contributed by atoms with van der Waals surface area (Å²) in [5.74, 6) is 0. The van der Waals surface area contributed by atoms with Gasteiger partial charge < -0.3 is 15.4 Å². The van der Waals surface area contributed by atoms with Crippen molar-refractivity contribution in [2.75, 3.05) is 34.4 Å². The monoisotopic (exact) mass is 132 g/mol. The Bertz CT molecular complexity index is 66.1. The van der Waals surface area contributed by atoms with Crippen molar-refractivity contribution in [3.8, 4) is 0 Å². The second kappa shape index (κ2) is 4.73. The molecule has 0 rings (SSSR count). The predicted octanol–water partition coefficient (Wildman–Crippen LogP) is -0.478. The molecule has 0 spiro atoms. The highest BCUT2D eigenvalue weighted by atomic mass is 16.5. The SMILES string of the molecule is COCC(CN)N(C)C. The maximum absolute atomic E-state index is 5.44. The predicted molar refractivity (Wildman–Crippen MR) is 38.4 cm³/mol. The number of hydrogen-bond donors (Lipinski definition) is 1. The van der Waals surface area contributed by atoms with Gasteiger partial charge in [-0.25, -0.2) is 0 Å². The number of ether oxygens (including phenoxy) is 1. The fourth-order valence-electron chi connectivity index (χ4n) is 0.620. The summed E-state index contributed by atoms with van der Waals surface area (Å²) in [6.07, 6.45) is 0. The Morgan fingerprint density at radius 3 is 2.22 bits per heavy atom. The van der Waals surface area contributed by atoms with E-state index < -0.39 is 0 Å². The van der Waals surface area contributed by atoms with Crippen molar-refractivity contribution in [1.82, 2.24) is 4.90 Å². The molecule has 1 atom stereocenters. The van der Waals surface area contributed by atoms with E-state index in [0.29, 0.717) is 19.2 Å². The summed E-state index contributed by atoms with van der Waals surface area (Å²) in [6.45, 7) is 1.37. The van der Waals surface area contributed by atoms with E-state index in [1.54, 1.807) is 7.11 Å². The molecule has 0 aromatic carbocycles. The smallest absolute Gasteiger partial charge is 0.0630 e. The Labute approximate surface area is 56.8 Å². The first-order chi connectivity index (χ1) is 4.22. The maximum atomic E-state index is 5.44. The van der Waals surface area contributed by atoms with Gasteiger partial charge in [-0.15, -0.1) is 0 Å². The van der Waals surface area contributed by atoms with E-state index in [9.17, 15) is 0 Å². The zero-order valence-electron chi connectivity index (χ0n) is 6.42. The van der Waals surface area contributed by atoms with Crippen LogP contribution >= 0.6 is 0 Å². The summed E-state index contributed by atoms with van der Waals surface area (Å²) >= 11 is 0. The van der Waals surface area contributed by atoms with Gasteiger partial charge in [-0.3, -0.25) is 0 Å². The zero-order valence-corrected chi connectivity index (χ0v) is 6.42. The largest absolute Gasteiger partial charge is 0.383 e. The van der Waals surface area contributed by atoms with E-state index >= 15 is 0 Å². The normalized spacial score (nSPS) is 14.3. The lowest BCUT2D eigenvalue weighted by Crippen LogP contribution is -2.38. The van der Waals surface area contributed by atoms with Crippen LogP contribution in [0.1, 0.15) is 0 Å². The second-order valence-electron chi connectivity index (χ2n) is 2.31. The molecule has 0 fully saturated rings. The van der Waals surface area contributed by atoms with Crippen LogP contribution in [0.3, 0.4) is 0 Å². The first-order valence-corrected chi connectivity index (χ1v) is 3.07. The van der Waals surface area contributed by atoms with E-state index in [1.165, 1.54) is 0 Å². The highest BCUT2D eigenvalue weighted by Gasteiger charge is 2.06. The first-order valence-electron chi connectivity index (χ1n) is 3.07. The molecule has 0 amide bonds. The quantitative estimate of drug-likeness (QED) is 0.561. The average molecular weight is 132 g/mol. The molecule has 0 radical (unpaired) electrons. The highest BCUT2D eigenvalue weighted by Crippen LogP contribution is 1.89. The Kier molecular flexibility index (Phi) is 4.67. The molecular weight excluding hydrogens is 116 g/mol. The number of methoxy groups -OCH3 is 1. The summed E-state index contributed by atoms with van der Waals surface area (Å²) in [5.41, 5.74) is 5.44. The summed E-state index contributed by atoms with van der Waals surface area (Å²) in [4.78, 5) is 2.06. The third kappa shape index (κ3) is 3.46. The molecule has 56 valence electrons. The van der Waals surface area contributed by atoms with E-state index in [4.69, 9.17) is 10.5 Å². The minimum Gasteiger partial charge on any atom is -0.383 e. The molecule has 0 aromatic heterocycles. The molecule has 0 aliphatic rings. The second-order valence-corrected chi connectivity index (χ2v) is 2.31. The summed E-state index contributed by atoms with van der Waals surface area (Å²) in [7, 11) is 5.68. The van der Waals surface area contributed by atoms with Gasteiger partial charge in [-0.1, -0.05) is 0 Å². The molecule has 1 unspecified atom stereocenters. The van der Waals surface area contributed by atoms with Crippen molar-refractivity contribution in [1.29, 1.82) is 0 Å². The number of nitrogens with two attached hydrogens (primary N) is 1. The molecule has 0 aromatic rings. The Morgan fingerprint density at radius 2 is 2.11 bits per heavy atom. The lowest BCUT2D eigenvalue weighted by molar-refractivity contribution is 0.124. The van der Waals surface area contributed by atoms with Crippen LogP contribution in [0.15, 0.2) is 0 Å².